The zero-order valence-electron chi connectivity index (χ0n) is 12.3. The summed E-state index contributed by atoms with van der Waals surface area (Å²) in [4.78, 5) is 14.0. The van der Waals surface area contributed by atoms with Crippen LogP contribution in [0.4, 0.5) is 4.79 Å². The zero-order valence-corrected chi connectivity index (χ0v) is 13.1. The van der Waals surface area contributed by atoms with Crippen LogP contribution in [0.15, 0.2) is 0 Å². The molecule has 0 spiro atoms. The average molecular weight is 287 g/mol. The molecule has 1 saturated heterocycles. The van der Waals surface area contributed by atoms with E-state index in [1.54, 1.807) is 7.05 Å². The van der Waals surface area contributed by atoms with E-state index in [2.05, 4.69) is 10.6 Å². The summed E-state index contributed by atoms with van der Waals surface area (Å²) in [6, 6.07) is 0.148. The summed E-state index contributed by atoms with van der Waals surface area (Å²) in [5, 5.41) is 6.60. The van der Waals surface area contributed by atoms with Crippen LogP contribution in [0, 0.1) is 0 Å². The maximum absolute atomic E-state index is 12.2. The van der Waals surface area contributed by atoms with Crippen LogP contribution in [-0.2, 0) is 4.74 Å². The van der Waals surface area contributed by atoms with Crippen LogP contribution in [0.2, 0.25) is 0 Å². The second-order valence-electron chi connectivity index (χ2n) is 5.78. The zero-order chi connectivity index (χ0) is 14.5. The second kappa shape index (κ2) is 6.93. The lowest BCUT2D eigenvalue weighted by atomic mass is 10.0. The van der Waals surface area contributed by atoms with Crippen LogP contribution in [0.5, 0.6) is 0 Å². The first kappa shape index (κ1) is 16.0. The smallest absolute Gasteiger partial charge is 0.410 e. The van der Waals surface area contributed by atoms with E-state index in [-0.39, 0.29) is 12.1 Å². The molecule has 1 atom stereocenters. The SMILES string of the molecule is CNC(=S)NC[C@H]1CCCCN1C(=O)OC(C)(C)C. The fraction of sp³-hybridized carbons (Fsp3) is 0.846. The number of nitrogens with zero attached hydrogens (tertiary/aromatic N) is 1. The van der Waals surface area contributed by atoms with E-state index in [0.29, 0.717) is 11.7 Å². The molecule has 6 heteroatoms. The maximum Gasteiger partial charge on any atom is 0.410 e. The molecule has 0 bridgehead atoms. The lowest BCUT2D eigenvalue weighted by molar-refractivity contribution is 0.0104. The minimum Gasteiger partial charge on any atom is -0.444 e. The van der Waals surface area contributed by atoms with Crippen molar-refractivity contribution in [2.75, 3.05) is 20.1 Å². The minimum atomic E-state index is -0.452. The van der Waals surface area contributed by atoms with E-state index in [1.807, 2.05) is 25.7 Å². The van der Waals surface area contributed by atoms with Crippen molar-refractivity contribution in [1.29, 1.82) is 0 Å². The molecule has 0 radical (unpaired) electrons. The van der Waals surface area contributed by atoms with Crippen molar-refractivity contribution in [3.05, 3.63) is 0 Å². The van der Waals surface area contributed by atoms with E-state index in [4.69, 9.17) is 17.0 Å². The van der Waals surface area contributed by atoms with E-state index in [1.165, 1.54) is 0 Å². The normalized spacial score (nSPS) is 19.8. The molecule has 1 aliphatic rings. The molecule has 1 rings (SSSR count). The second-order valence-corrected chi connectivity index (χ2v) is 6.19. The maximum atomic E-state index is 12.2. The molecule has 1 aliphatic heterocycles. The number of rotatable bonds is 2. The number of hydrogen-bond donors (Lipinski definition) is 2. The summed E-state index contributed by atoms with van der Waals surface area (Å²) < 4.78 is 5.45. The first-order valence-corrected chi connectivity index (χ1v) is 7.19. The Labute approximate surface area is 121 Å². The third-order valence-electron chi connectivity index (χ3n) is 2.98. The van der Waals surface area contributed by atoms with Crippen molar-refractivity contribution in [2.24, 2.45) is 0 Å². The topological polar surface area (TPSA) is 53.6 Å². The summed E-state index contributed by atoms with van der Waals surface area (Å²) in [5.74, 6) is 0. The van der Waals surface area contributed by atoms with Gasteiger partial charge in [-0.1, -0.05) is 0 Å². The molecular formula is C13H25N3O2S. The van der Waals surface area contributed by atoms with Gasteiger partial charge in [-0.2, -0.15) is 0 Å². The van der Waals surface area contributed by atoms with E-state index < -0.39 is 5.60 Å². The van der Waals surface area contributed by atoms with Gasteiger partial charge >= 0.3 is 6.09 Å². The molecule has 0 aromatic rings. The predicted octanol–water partition coefficient (Wildman–Crippen LogP) is 1.87. The summed E-state index contributed by atoms with van der Waals surface area (Å²) >= 11 is 5.06. The lowest BCUT2D eigenvalue weighted by Crippen LogP contribution is -2.51. The summed E-state index contributed by atoms with van der Waals surface area (Å²) in [7, 11) is 1.78. The minimum absolute atomic E-state index is 0.148. The highest BCUT2D eigenvalue weighted by Crippen LogP contribution is 2.19. The third-order valence-corrected chi connectivity index (χ3v) is 3.33. The van der Waals surface area contributed by atoms with Gasteiger partial charge in [-0.25, -0.2) is 4.79 Å². The van der Waals surface area contributed by atoms with Crippen molar-refractivity contribution in [1.82, 2.24) is 15.5 Å². The Balaban J connectivity index is 2.56. The number of ether oxygens (including phenoxy) is 1. The fourth-order valence-corrected chi connectivity index (χ4v) is 2.16. The van der Waals surface area contributed by atoms with Gasteiger partial charge in [0.1, 0.15) is 5.60 Å². The van der Waals surface area contributed by atoms with Crippen LogP contribution >= 0.6 is 12.2 Å². The molecule has 1 heterocycles. The number of piperidine rings is 1. The molecular weight excluding hydrogens is 262 g/mol. The van der Waals surface area contributed by atoms with E-state index in [0.717, 1.165) is 25.8 Å². The number of likely N-dealkylation sites (tertiary alicyclic amines) is 1. The van der Waals surface area contributed by atoms with Gasteiger partial charge in [-0.15, -0.1) is 0 Å². The molecule has 0 aromatic heterocycles. The summed E-state index contributed by atoms with van der Waals surface area (Å²) in [5.41, 5.74) is -0.452. The van der Waals surface area contributed by atoms with Gasteiger partial charge in [0, 0.05) is 20.1 Å². The first-order chi connectivity index (χ1) is 8.83. The molecule has 0 unspecified atom stereocenters. The van der Waals surface area contributed by atoms with Crippen LogP contribution in [0.1, 0.15) is 40.0 Å². The van der Waals surface area contributed by atoms with Crippen molar-refractivity contribution in [2.45, 2.75) is 51.7 Å². The third kappa shape index (κ3) is 5.63. The Morgan fingerprint density at radius 3 is 2.68 bits per heavy atom. The molecule has 5 nitrogen and oxygen atoms in total. The molecule has 1 fully saturated rings. The number of nitrogens with one attached hydrogen (secondary N) is 2. The largest absolute Gasteiger partial charge is 0.444 e. The highest BCUT2D eigenvalue weighted by atomic mass is 32.1. The van der Waals surface area contributed by atoms with E-state index >= 15 is 0 Å². The summed E-state index contributed by atoms with van der Waals surface area (Å²) in [6.45, 7) is 7.08. The molecule has 19 heavy (non-hydrogen) atoms. The monoisotopic (exact) mass is 287 g/mol. The van der Waals surface area contributed by atoms with Crippen molar-refractivity contribution >= 4 is 23.4 Å². The number of carbonyl (C=O) groups is 1. The van der Waals surface area contributed by atoms with Crippen molar-refractivity contribution in [3.63, 3.8) is 0 Å². The molecule has 1 amide bonds. The van der Waals surface area contributed by atoms with Crippen LogP contribution < -0.4 is 10.6 Å². The van der Waals surface area contributed by atoms with Gasteiger partial charge in [-0.05, 0) is 52.3 Å². The van der Waals surface area contributed by atoms with Crippen molar-refractivity contribution in [3.8, 4) is 0 Å². The Morgan fingerprint density at radius 1 is 1.42 bits per heavy atom. The van der Waals surface area contributed by atoms with Gasteiger partial charge in [0.05, 0.1) is 6.04 Å². The Hall–Kier alpha value is -1.04. The first-order valence-electron chi connectivity index (χ1n) is 6.78. The Kier molecular flexibility index (Phi) is 5.85. The molecule has 110 valence electrons. The highest BCUT2D eigenvalue weighted by Gasteiger charge is 2.30. The highest BCUT2D eigenvalue weighted by molar-refractivity contribution is 7.80. The van der Waals surface area contributed by atoms with Crippen LogP contribution in [0.25, 0.3) is 0 Å². The van der Waals surface area contributed by atoms with Crippen LogP contribution in [0.3, 0.4) is 0 Å². The Bertz CT molecular complexity index is 328. The molecule has 2 N–H and O–H groups in total. The van der Waals surface area contributed by atoms with Gasteiger partial charge in [0.25, 0.3) is 0 Å². The van der Waals surface area contributed by atoms with Gasteiger partial charge in [0.15, 0.2) is 5.11 Å². The summed E-state index contributed by atoms with van der Waals surface area (Å²) in [6.07, 6.45) is 2.93. The molecule has 0 saturated carbocycles. The lowest BCUT2D eigenvalue weighted by Gasteiger charge is -2.37. The quantitative estimate of drug-likeness (QED) is 0.759. The number of thiocarbonyl (C=S) groups is 1. The van der Waals surface area contributed by atoms with Gasteiger partial charge in [-0.3, -0.25) is 0 Å². The number of carbonyl (C=O) groups excluding carboxylic acids is 1. The molecule has 0 aliphatic carbocycles. The average Bonchev–Trinajstić information content (AvgIpc) is 2.34. The fourth-order valence-electron chi connectivity index (χ4n) is 2.07. The standard InChI is InChI=1S/C13H25N3O2S/c1-13(2,3)18-12(17)16-8-6-5-7-10(16)9-15-11(19)14-4/h10H,5-9H2,1-4H3,(H2,14,15,19)/t10-/m1/s1. The predicted molar refractivity (Wildman–Crippen MR) is 80.2 cm³/mol. The van der Waals surface area contributed by atoms with Crippen molar-refractivity contribution < 1.29 is 9.53 Å². The Morgan fingerprint density at radius 2 is 2.11 bits per heavy atom. The molecule has 0 aromatic carbocycles. The number of hydrogen-bond acceptors (Lipinski definition) is 3. The van der Waals surface area contributed by atoms with Gasteiger partial charge < -0.3 is 20.3 Å². The van der Waals surface area contributed by atoms with Crippen LogP contribution in [-0.4, -0.2) is 47.9 Å². The van der Waals surface area contributed by atoms with E-state index in [9.17, 15) is 4.79 Å². The van der Waals surface area contributed by atoms with Gasteiger partial charge in [0.2, 0.25) is 0 Å². The number of amides is 1.